The topological polar surface area (TPSA) is 102 Å². The van der Waals surface area contributed by atoms with Crippen LogP contribution in [-0.2, 0) is 14.8 Å². The molecule has 1 aromatic rings. The van der Waals surface area contributed by atoms with E-state index >= 15 is 0 Å². The fourth-order valence-corrected chi connectivity index (χ4v) is 2.72. The number of amides is 1. The minimum absolute atomic E-state index is 0.0722. The number of nitrogens with one attached hydrogen (secondary N) is 1. The van der Waals surface area contributed by atoms with Crippen molar-refractivity contribution in [2.24, 2.45) is 0 Å². The number of nitrogens with two attached hydrogens (primary N) is 1. The molecule has 0 saturated heterocycles. The summed E-state index contributed by atoms with van der Waals surface area (Å²) in [5.74, 6) is 0.0766. The summed E-state index contributed by atoms with van der Waals surface area (Å²) in [6, 6.07) is 4.24. The first-order valence-electron chi connectivity index (χ1n) is 5.93. The van der Waals surface area contributed by atoms with E-state index in [1.807, 2.05) is 0 Å². The Bertz CT molecular complexity index is 586. The summed E-state index contributed by atoms with van der Waals surface area (Å²) in [6.45, 7) is 0.0920. The van der Waals surface area contributed by atoms with Crippen LogP contribution in [0, 0.1) is 0 Å². The van der Waals surface area contributed by atoms with E-state index in [1.54, 1.807) is 0 Å². The van der Waals surface area contributed by atoms with Gasteiger partial charge in [-0.15, -0.1) is 0 Å². The van der Waals surface area contributed by atoms with E-state index in [1.165, 1.54) is 39.4 Å². The second-order valence-corrected chi connectivity index (χ2v) is 6.20. The number of hydrogen-bond acceptors (Lipinski definition) is 5. The molecule has 0 unspecified atom stereocenters. The van der Waals surface area contributed by atoms with E-state index < -0.39 is 10.0 Å². The molecular formula is C12H19N3O4S. The quantitative estimate of drug-likeness (QED) is 0.722. The van der Waals surface area contributed by atoms with E-state index in [0.29, 0.717) is 11.4 Å². The largest absolute Gasteiger partial charge is 0.495 e. The summed E-state index contributed by atoms with van der Waals surface area (Å²) in [5.41, 5.74) is 6.01. The van der Waals surface area contributed by atoms with Gasteiger partial charge in [-0.2, -0.15) is 0 Å². The summed E-state index contributed by atoms with van der Waals surface area (Å²) in [6.07, 6.45) is 0.0956. The average molecular weight is 301 g/mol. The van der Waals surface area contributed by atoms with Crippen molar-refractivity contribution in [1.29, 1.82) is 0 Å². The van der Waals surface area contributed by atoms with E-state index in [4.69, 9.17) is 10.5 Å². The smallest absolute Gasteiger partial charge is 0.242 e. The number of carbonyl (C=O) groups excluding carboxylic acids is 1. The number of sulfonamides is 1. The Balaban J connectivity index is 2.95. The SMILES string of the molecule is CNC(=O)CCN(C)S(=O)(=O)c1ccc(N)c(OC)c1. The van der Waals surface area contributed by atoms with Gasteiger partial charge in [-0.1, -0.05) is 0 Å². The third-order valence-corrected chi connectivity index (χ3v) is 4.70. The molecule has 0 bridgehead atoms. The highest BCUT2D eigenvalue weighted by atomic mass is 32.2. The summed E-state index contributed by atoms with van der Waals surface area (Å²) >= 11 is 0. The zero-order valence-corrected chi connectivity index (χ0v) is 12.5. The number of nitrogens with zero attached hydrogens (tertiary/aromatic N) is 1. The molecule has 8 heteroatoms. The molecule has 0 aliphatic heterocycles. The van der Waals surface area contributed by atoms with Gasteiger partial charge in [0.1, 0.15) is 5.75 Å². The summed E-state index contributed by atoms with van der Waals surface area (Å²) in [4.78, 5) is 11.2. The Morgan fingerprint density at radius 3 is 2.65 bits per heavy atom. The number of carbonyl (C=O) groups is 1. The molecule has 0 radical (unpaired) electrons. The minimum Gasteiger partial charge on any atom is -0.495 e. The maximum Gasteiger partial charge on any atom is 0.242 e. The Morgan fingerprint density at radius 2 is 2.10 bits per heavy atom. The van der Waals surface area contributed by atoms with Crippen LogP contribution < -0.4 is 15.8 Å². The normalized spacial score (nSPS) is 11.4. The molecule has 20 heavy (non-hydrogen) atoms. The Labute approximate surface area is 118 Å². The van der Waals surface area contributed by atoms with Crippen molar-refractivity contribution in [3.05, 3.63) is 18.2 Å². The summed E-state index contributed by atoms with van der Waals surface area (Å²) in [7, 11) is 0.659. The third kappa shape index (κ3) is 3.61. The van der Waals surface area contributed by atoms with Gasteiger partial charge in [0, 0.05) is 33.1 Å². The van der Waals surface area contributed by atoms with Gasteiger partial charge in [-0.3, -0.25) is 4.79 Å². The van der Waals surface area contributed by atoms with Crippen molar-refractivity contribution in [2.75, 3.05) is 33.5 Å². The highest BCUT2D eigenvalue weighted by Gasteiger charge is 2.22. The summed E-state index contributed by atoms with van der Waals surface area (Å²) < 4.78 is 30.7. The molecule has 0 fully saturated rings. The number of hydrogen-bond donors (Lipinski definition) is 2. The molecular weight excluding hydrogens is 282 g/mol. The van der Waals surface area contributed by atoms with Crippen molar-refractivity contribution < 1.29 is 17.9 Å². The predicted octanol–water partition coefficient (Wildman–Crippen LogP) is 0.0340. The molecule has 0 spiro atoms. The van der Waals surface area contributed by atoms with E-state index in [-0.39, 0.29) is 23.8 Å². The van der Waals surface area contributed by atoms with Crippen LogP contribution in [0.1, 0.15) is 6.42 Å². The van der Waals surface area contributed by atoms with E-state index in [9.17, 15) is 13.2 Å². The number of nitrogen functional groups attached to an aromatic ring is 1. The molecule has 1 aromatic carbocycles. The van der Waals surface area contributed by atoms with Crippen LogP contribution in [0.4, 0.5) is 5.69 Å². The van der Waals surface area contributed by atoms with Gasteiger partial charge in [0.15, 0.2) is 0 Å². The zero-order valence-electron chi connectivity index (χ0n) is 11.7. The Kier molecular flexibility index (Phi) is 5.34. The monoisotopic (exact) mass is 301 g/mol. The van der Waals surface area contributed by atoms with Gasteiger partial charge < -0.3 is 15.8 Å². The third-order valence-electron chi connectivity index (χ3n) is 2.85. The fraction of sp³-hybridized carbons (Fsp3) is 0.417. The molecule has 1 amide bonds. The second kappa shape index (κ2) is 6.58. The van der Waals surface area contributed by atoms with Gasteiger partial charge in [0.25, 0.3) is 0 Å². The van der Waals surface area contributed by atoms with Crippen LogP contribution in [0.3, 0.4) is 0 Å². The fourth-order valence-electron chi connectivity index (χ4n) is 1.54. The lowest BCUT2D eigenvalue weighted by Gasteiger charge is -2.17. The van der Waals surface area contributed by atoms with Crippen LogP contribution in [-0.4, -0.2) is 46.4 Å². The summed E-state index contributed by atoms with van der Waals surface area (Å²) in [5, 5.41) is 2.44. The molecule has 0 aromatic heterocycles. The standard InChI is InChI=1S/C12H19N3O4S/c1-14-12(16)6-7-15(2)20(17,18)9-4-5-10(13)11(8-9)19-3/h4-5,8H,6-7,13H2,1-3H3,(H,14,16). The first kappa shape index (κ1) is 16.3. The molecule has 7 nitrogen and oxygen atoms in total. The Hall–Kier alpha value is -1.80. The van der Waals surface area contributed by atoms with Crippen molar-refractivity contribution >= 4 is 21.6 Å². The maximum atomic E-state index is 12.3. The molecule has 0 aliphatic carbocycles. The molecule has 0 aliphatic rings. The van der Waals surface area contributed by atoms with Gasteiger partial charge in [0.05, 0.1) is 17.7 Å². The van der Waals surface area contributed by atoms with Crippen LogP contribution >= 0.6 is 0 Å². The van der Waals surface area contributed by atoms with Gasteiger partial charge in [-0.05, 0) is 12.1 Å². The molecule has 0 heterocycles. The van der Waals surface area contributed by atoms with E-state index in [0.717, 1.165) is 4.31 Å². The van der Waals surface area contributed by atoms with Gasteiger partial charge >= 0.3 is 0 Å². The number of ether oxygens (including phenoxy) is 1. The predicted molar refractivity (Wildman–Crippen MR) is 75.9 cm³/mol. The second-order valence-electron chi connectivity index (χ2n) is 4.15. The molecule has 0 atom stereocenters. The van der Waals surface area contributed by atoms with Crippen molar-refractivity contribution in [1.82, 2.24) is 9.62 Å². The highest BCUT2D eigenvalue weighted by Crippen LogP contribution is 2.26. The average Bonchev–Trinajstić information content (AvgIpc) is 2.44. The van der Waals surface area contributed by atoms with Crippen LogP contribution in [0.5, 0.6) is 5.75 Å². The van der Waals surface area contributed by atoms with E-state index in [2.05, 4.69) is 5.32 Å². The first-order chi connectivity index (χ1) is 9.32. The first-order valence-corrected chi connectivity index (χ1v) is 7.37. The molecule has 3 N–H and O–H groups in total. The highest BCUT2D eigenvalue weighted by molar-refractivity contribution is 7.89. The number of methoxy groups -OCH3 is 1. The van der Waals surface area contributed by atoms with Crippen molar-refractivity contribution in [3.8, 4) is 5.75 Å². The van der Waals surface area contributed by atoms with Gasteiger partial charge in [-0.25, -0.2) is 12.7 Å². The van der Waals surface area contributed by atoms with Gasteiger partial charge in [0.2, 0.25) is 15.9 Å². The lowest BCUT2D eigenvalue weighted by Crippen LogP contribution is -2.31. The van der Waals surface area contributed by atoms with Crippen LogP contribution in [0.2, 0.25) is 0 Å². The number of benzene rings is 1. The number of anilines is 1. The van der Waals surface area contributed by atoms with Crippen LogP contribution in [0.15, 0.2) is 23.1 Å². The van der Waals surface area contributed by atoms with Crippen molar-refractivity contribution in [3.63, 3.8) is 0 Å². The minimum atomic E-state index is -3.67. The molecule has 1 rings (SSSR count). The van der Waals surface area contributed by atoms with Crippen molar-refractivity contribution in [2.45, 2.75) is 11.3 Å². The lowest BCUT2D eigenvalue weighted by molar-refractivity contribution is -0.120. The van der Waals surface area contributed by atoms with Crippen LogP contribution in [0.25, 0.3) is 0 Å². The lowest BCUT2D eigenvalue weighted by atomic mass is 10.3. The maximum absolute atomic E-state index is 12.3. The molecule has 0 saturated carbocycles. The number of rotatable bonds is 6. The Morgan fingerprint density at radius 1 is 1.45 bits per heavy atom. The zero-order chi connectivity index (χ0) is 15.3. The molecule has 112 valence electrons.